The van der Waals surface area contributed by atoms with Gasteiger partial charge < -0.3 is 10.0 Å². The molecule has 0 heterocycles. The average Bonchev–Trinajstić information content (AvgIpc) is 2.11. The van der Waals surface area contributed by atoms with Crippen LogP contribution in [0.4, 0.5) is 0 Å². The summed E-state index contributed by atoms with van der Waals surface area (Å²) in [7, 11) is 0. The van der Waals surface area contributed by atoms with Crippen LogP contribution in [0.1, 0.15) is 20.3 Å². The number of carboxylic acids is 1. The van der Waals surface area contributed by atoms with Gasteiger partial charge in [-0.2, -0.15) is 11.8 Å². The quantitative estimate of drug-likeness (QED) is 0.610. The molecule has 1 N–H and O–H groups in total. The number of rotatable bonds is 8. The summed E-state index contributed by atoms with van der Waals surface area (Å²) in [5.41, 5.74) is 0. The number of thioether (sulfide) groups is 1. The highest BCUT2D eigenvalue weighted by Crippen LogP contribution is 2.03. The van der Waals surface area contributed by atoms with Gasteiger partial charge in [-0.3, -0.25) is 4.79 Å². The smallest absolute Gasteiger partial charge is 0.304 e. The lowest BCUT2D eigenvalue weighted by atomic mass is 10.5. The predicted molar refractivity (Wildman–Crippen MR) is 57.4 cm³/mol. The molecule has 0 saturated heterocycles. The van der Waals surface area contributed by atoms with E-state index in [4.69, 9.17) is 5.11 Å². The minimum atomic E-state index is -0.699. The molecule has 3 nitrogen and oxygen atoms in total. The van der Waals surface area contributed by atoms with Gasteiger partial charge in [0.1, 0.15) is 0 Å². The zero-order valence-electron chi connectivity index (χ0n) is 8.45. The number of hydrogen-bond donors (Lipinski definition) is 1. The highest BCUT2D eigenvalue weighted by Gasteiger charge is 1.99. The topological polar surface area (TPSA) is 40.5 Å². The molecule has 0 aromatic heterocycles. The van der Waals surface area contributed by atoms with E-state index in [-0.39, 0.29) is 6.42 Å². The molecule has 0 aromatic carbocycles. The second-order valence-corrected chi connectivity index (χ2v) is 4.01. The lowest BCUT2D eigenvalue weighted by Gasteiger charge is -2.16. The molecule has 0 spiro atoms. The van der Waals surface area contributed by atoms with Gasteiger partial charge in [-0.25, -0.2) is 0 Å². The van der Waals surface area contributed by atoms with E-state index >= 15 is 0 Å². The fourth-order valence-electron chi connectivity index (χ4n) is 0.995. The summed E-state index contributed by atoms with van der Waals surface area (Å²) in [5.74, 6) is 1.07. The minimum Gasteiger partial charge on any atom is -0.481 e. The highest BCUT2D eigenvalue weighted by molar-refractivity contribution is 7.99. The van der Waals surface area contributed by atoms with Crippen LogP contribution in [0, 0.1) is 0 Å². The van der Waals surface area contributed by atoms with Gasteiger partial charge in [-0.15, -0.1) is 0 Å². The lowest BCUT2D eigenvalue weighted by Crippen LogP contribution is -2.25. The first-order valence-corrected chi connectivity index (χ1v) is 5.88. The Balaban J connectivity index is 3.19. The summed E-state index contributed by atoms with van der Waals surface area (Å²) in [6.07, 6.45) is 0.281. The molecule has 0 amide bonds. The standard InChI is InChI=1S/C9H19NO2S/c1-3-10(4-2)6-8-13-7-5-9(11)12/h3-8H2,1-2H3,(H,11,12). The van der Waals surface area contributed by atoms with Crippen molar-refractivity contribution < 1.29 is 9.90 Å². The second-order valence-electron chi connectivity index (χ2n) is 2.78. The van der Waals surface area contributed by atoms with Crippen LogP contribution in [0.3, 0.4) is 0 Å². The van der Waals surface area contributed by atoms with Crippen LogP contribution in [0.15, 0.2) is 0 Å². The van der Waals surface area contributed by atoms with E-state index in [1.807, 2.05) is 0 Å². The first kappa shape index (κ1) is 12.8. The predicted octanol–water partition coefficient (Wildman–Crippen LogP) is 1.54. The molecule has 0 bridgehead atoms. The van der Waals surface area contributed by atoms with Gasteiger partial charge in [0, 0.05) is 18.1 Å². The molecule has 0 aliphatic rings. The van der Waals surface area contributed by atoms with Crippen LogP contribution in [0.2, 0.25) is 0 Å². The van der Waals surface area contributed by atoms with Crippen LogP contribution < -0.4 is 0 Å². The Hall–Kier alpha value is -0.220. The Kier molecular flexibility index (Phi) is 8.24. The van der Waals surface area contributed by atoms with Gasteiger partial charge in [0.2, 0.25) is 0 Å². The van der Waals surface area contributed by atoms with Crippen LogP contribution in [0.5, 0.6) is 0 Å². The molecule has 0 unspecified atom stereocenters. The molecule has 0 aliphatic carbocycles. The molecule has 0 fully saturated rings. The average molecular weight is 205 g/mol. The first-order chi connectivity index (χ1) is 6.20. The monoisotopic (exact) mass is 205 g/mol. The molecule has 78 valence electrons. The van der Waals surface area contributed by atoms with E-state index in [0.29, 0.717) is 0 Å². The number of carbonyl (C=O) groups is 1. The molecular formula is C9H19NO2S. The van der Waals surface area contributed by atoms with E-state index in [0.717, 1.165) is 31.1 Å². The summed E-state index contributed by atoms with van der Waals surface area (Å²) in [6.45, 7) is 7.51. The van der Waals surface area contributed by atoms with Crippen molar-refractivity contribution in [3.8, 4) is 0 Å². The summed E-state index contributed by atoms with van der Waals surface area (Å²) in [5, 5.41) is 8.39. The van der Waals surface area contributed by atoms with Crippen molar-refractivity contribution in [2.45, 2.75) is 20.3 Å². The van der Waals surface area contributed by atoms with Crippen molar-refractivity contribution >= 4 is 17.7 Å². The molecule has 13 heavy (non-hydrogen) atoms. The highest BCUT2D eigenvalue weighted by atomic mass is 32.2. The van der Waals surface area contributed by atoms with E-state index in [2.05, 4.69) is 18.7 Å². The molecule has 0 rings (SSSR count). The summed E-state index contributed by atoms with van der Waals surface area (Å²) >= 11 is 1.72. The molecule has 0 aromatic rings. The van der Waals surface area contributed by atoms with Crippen molar-refractivity contribution in [2.75, 3.05) is 31.1 Å². The Morgan fingerprint density at radius 2 is 1.92 bits per heavy atom. The van der Waals surface area contributed by atoms with E-state index in [9.17, 15) is 4.79 Å². The third-order valence-corrected chi connectivity index (χ3v) is 2.87. The number of hydrogen-bond acceptors (Lipinski definition) is 3. The van der Waals surface area contributed by atoms with Gasteiger partial charge in [-0.05, 0) is 13.1 Å². The van der Waals surface area contributed by atoms with Gasteiger partial charge in [0.25, 0.3) is 0 Å². The number of aliphatic carboxylic acids is 1. The van der Waals surface area contributed by atoms with Crippen LogP contribution in [0.25, 0.3) is 0 Å². The summed E-state index contributed by atoms with van der Waals surface area (Å²) in [4.78, 5) is 12.5. The second kappa shape index (κ2) is 8.38. The fraction of sp³-hybridized carbons (Fsp3) is 0.889. The zero-order valence-corrected chi connectivity index (χ0v) is 9.27. The van der Waals surface area contributed by atoms with Crippen molar-refractivity contribution in [2.24, 2.45) is 0 Å². The zero-order chi connectivity index (χ0) is 10.1. The Morgan fingerprint density at radius 3 is 2.38 bits per heavy atom. The Morgan fingerprint density at radius 1 is 1.31 bits per heavy atom. The van der Waals surface area contributed by atoms with Gasteiger partial charge in [0.15, 0.2) is 0 Å². The Labute approximate surface area is 84.5 Å². The van der Waals surface area contributed by atoms with Gasteiger partial charge >= 0.3 is 5.97 Å². The molecule has 0 aliphatic heterocycles. The van der Waals surface area contributed by atoms with Crippen LogP contribution in [-0.2, 0) is 4.79 Å². The van der Waals surface area contributed by atoms with Gasteiger partial charge in [0.05, 0.1) is 6.42 Å². The van der Waals surface area contributed by atoms with E-state index in [1.165, 1.54) is 0 Å². The normalized spacial score (nSPS) is 10.7. The maximum absolute atomic E-state index is 10.2. The van der Waals surface area contributed by atoms with Crippen LogP contribution in [-0.4, -0.2) is 47.1 Å². The third-order valence-electron chi connectivity index (χ3n) is 1.91. The van der Waals surface area contributed by atoms with Crippen LogP contribution >= 0.6 is 11.8 Å². The molecular weight excluding hydrogens is 186 g/mol. The largest absolute Gasteiger partial charge is 0.481 e. The molecule has 0 atom stereocenters. The van der Waals surface area contributed by atoms with Crippen molar-refractivity contribution in [1.29, 1.82) is 0 Å². The third kappa shape index (κ3) is 8.12. The fourth-order valence-corrected chi connectivity index (χ4v) is 1.91. The van der Waals surface area contributed by atoms with E-state index in [1.54, 1.807) is 11.8 Å². The van der Waals surface area contributed by atoms with E-state index < -0.39 is 5.97 Å². The van der Waals surface area contributed by atoms with Crippen molar-refractivity contribution in [3.63, 3.8) is 0 Å². The Bertz CT molecular complexity index is 138. The molecule has 0 saturated carbocycles. The minimum absolute atomic E-state index is 0.281. The molecule has 4 heteroatoms. The first-order valence-electron chi connectivity index (χ1n) is 4.72. The lowest BCUT2D eigenvalue weighted by molar-refractivity contribution is -0.136. The summed E-state index contributed by atoms with van der Waals surface area (Å²) in [6, 6.07) is 0. The van der Waals surface area contributed by atoms with Crippen molar-refractivity contribution in [3.05, 3.63) is 0 Å². The van der Waals surface area contributed by atoms with Crippen molar-refractivity contribution in [1.82, 2.24) is 4.90 Å². The molecule has 0 radical (unpaired) electrons. The summed E-state index contributed by atoms with van der Waals surface area (Å²) < 4.78 is 0. The van der Waals surface area contributed by atoms with Gasteiger partial charge in [-0.1, -0.05) is 13.8 Å². The maximum Gasteiger partial charge on any atom is 0.304 e. The number of carboxylic acid groups (broad SMARTS) is 1. The SMILES string of the molecule is CCN(CC)CCSCCC(=O)O. The maximum atomic E-state index is 10.2. The number of nitrogens with zero attached hydrogens (tertiary/aromatic N) is 1.